The lowest BCUT2D eigenvalue weighted by Crippen LogP contribution is -2.05. The summed E-state index contributed by atoms with van der Waals surface area (Å²) in [6, 6.07) is 9.17. The van der Waals surface area contributed by atoms with E-state index in [1.54, 1.807) is 23.1 Å². The van der Waals surface area contributed by atoms with E-state index in [1.165, 1.54) is 0 Å². The monoisotopic (exact) mass is 334 g/mol. The molecule has 5 rings (SSSR count). The van der Waals surface area contributed by atoms with Crippen LogP contribution < -0.4 is 5.73 Å². The van der Waals surface area contributed by atoms with Gasteiger partial charge < -0.3 is 10.2 Å². The maximum Gasteiger partial charge on any atom is 0.222 e. The van der Waals surface area contributed by atoms with E-state index in [1.807, 2.05) is 18.2 Å². The molecule has 0 unspecified atom stereocenters. The maximum absolute atomic E-state index is 5.85. The first-order valence-electron chi connectivity index (χ1n) is 7.40. The van der Waals surface area contributed by atoms with Crippen LogP contribution in [0.2, 0.25) is 0 Å². The Balaban J connectivity index is 1.62. The van der Waals surface area contributed by atoms with Crippen LogP contribution in [0.5, 0.6) is 0 Å². The molecule has 0 fully saturated rings. The van der Waals surface area contributed by atoms with Crippen molar-refractivity contribution >= 4 is 28.1 Å². The third kappa shape index (κ3) is 2.19. The first-order valence-corrected chi connectivity index (χ1v) is 7.40. The van der Waals surface area contributed by atoms with Crippen molar-refractivity contribution in [1.82, 2.24) is 35.3 Å². The fourth-order valence-corrected chi connectivity index (χ4v) is 2.66. The number of furan rings is 1. The molecule has 4 aromatic heterocycles. The summed E-state index contributed by atoms with van der Waals surface area (Å²) in [5, 5.41) is 16.0. The molecule has 25 heavy (non-hydrogen) atoms. The molecule has 0 saturated carbocycles. The first kappa shape index (κ1) is 13.6. The van der Waals surface area contributed by atoms with Crippen LogP contribution in [0.4, 0.5) is 5.95 Å². The Hall–Kier alpha value is -3.82. The second kappa shape index (κ2) is 5.09. The molecule has 10 nitrogen and oxygen atoms in total. The highest BCUT2D eigenvalue weighted by molar-refractivity contribution is 5.86. The number of benzene rings is 1. The predicted octanol–water partition coefficient (Wildman–Crippen LogP) is 1.65. The Morgan fingerprint density at radius 2 is 2.00 bits per heavy atom. The van der Waals surface area contributed by atoms with E-state index in [0.717, 1.165) is 5.56 Å². The number of hydrogen-bond acceptors (Lipinski definition) is 9. The number of anilines is 1. The van der Waals surface area contributed by atoms with E-state index in [0.29, 0.717) is 40.2 Å². The molecule has 0 bridgehead atoms. The first-order chi connectivity index (χ1) is 12.3. The number of nitrogen functional groups attached to an aromatic ring is 1. The number of nitrogens with two attached hydrogens (primary N) is 1. The lowest BCUT2D eigenvalue weighted by molar-refractivity contribution is 0.315. The lowest BCUT2D eigenvalue weighted by Gasteiger charge is -2.03. The normalized spacial score (nSPS) is 11.5. The molecule has 0 aliphatic rings. The average Bonchev–Trinajstić information content (AvgIpc) is 3.35. The van der Waals surface area contributed by atoms with Crippen LogP contribution in [0.1, 0.15) is 5.56 Å². The summed E-state index contributed by atoms with van der Waals surface area (Å²) >= 11 is 0. The predicted molar refractivity (Wildman–Crippen MR) is 86.1 cm³/mol. The summed E-state index contributed by atoms with van der Waals surface area (Å²) in [7, 11) is 0. The highest BCUT2D eigenvalue weighted by atomic mass is 16.6. The molecule has 0 spiro atoms. The van der Waals surface area contributed by atoms with Gasteiger partial charge in [-0.05, 0) is 40.1 Å². The zero-order chi connectivity index (χ0) is 16.8. The fraction of sp³-hybridized carbons (Fsp3) is 0.0667. The Morgan fingerprint density at radius 1 is 1.08 bits per heavy atom. The van der Waals surface area contributed by atoms with Crippen molar-refractivity contribution in [3.63, 3.8) is 0 Å². The maximum atomic E-state index is 5.85. The molecular weight excluding hydrogens is 324 g/mol. The molecule has 4 heterocycles. The molecule has 0 atom stereocenters. The highest BCUT2D eigenvalue weighted by Gasteiger charge is 2.17. The molecule has 0 radical (unpaired) electrons. The van der Waals surface area contributed by atoms with Gasteiger partial charge in [0.1, 0.15) is 16.7 Å². The van der Waals surface area contributed by atoms with Crippen molar-refractivity contribution in [2.24, 2.45) is 0 Å². The standard InChI is InChI=1S/C15H10N8O2/c16-15-17-12(11-2-1-5-24-11)13-14(18-15)23(22-19-13)7-8-3-4-9-10(6-8)21-25-20-9/h1-6H,7H2,(H2,16,17,18). The zero-order valence-corrected chi connectivity index (χ0v) is 12.7. The van der Waals surface area contributed by atoms with Gasteiger partial charge in [-0.1, -0.05) is 11.3 Å². The van der Waals surface area contributed by atoms with Crippen LogP contribution in [-0.2, 0) is 6.54 Å². The van der Waals surface area contributed by atoms with E-state index >= 15 is 0 Å². The van der Waals surface area contributed by atoms with Crippen LogP contribution in [0.15, 0.2) is 45.6 Å². The molecular formula is C15H10N8O2. The van der Waals surface area contributed by atoms with E-state index in [4.69, 9.17) is 14.8 Å². The summed E-state index contributed by atoms with van der Waals surface area (Å²) in [5.74, 6) is 0.680. The van der Waals surface area contributed by atoms with E-state index < -0.39 is 0 Å². The van der Waals surface area contributed by atoms with Gasteiger partial charge in [0.15, 0.2) is 16.9 Å². The van der Waals surface area contributed by atoms with Crippen molar-refractivity contribution in [3.05, 3.63) is 42.2 Å². The van der Waals surface area contributed by atoms with E-state index in [-0.39, 0.29) is 5.95 Å². The quantitative estimate of drug-likeness (QED) is 0.522. The molecule has 0 saturated heterocycles. The Kier molecular flexibility index (Phi) is 2.77. The van der Waals surface area contributed by atoms with Gasteiger partial charge in [0.2, 0.25) is 5.95 Å². The lowest BCUT2D eigenvalue weighted by atomic mass is 10.2. The van der Waals surface area contributed by atoms with Gasteiger partial charge in [-0.2, -0.15) is 4.98 Å². The van der Waals surface area contributed by atoms with Crippen LogP contribution in [-0.4, -0.2) is 35.3 Å². The summed E-state index contributed by atoms with van der Waals surface area (Å²) < 4.78 is 11.8. The van der Waals surface area contributed by atoms with Crippen LogP contribution in [0.25, 0.3) is 33.7 Å². The summed E-state index contributed by atoms with van der Waals surface area (Å²) in [6.07, 6.45) is 1.56. The van der Waals surface area contributed by atoms with Gasteiger partial charge in [0, 0.05) is 0 Å². The molecule has 2 N–H and O–H groups in total. The smallest absolute Gasteiger partial charge is 0.222 e. The topological polar surface area (TPSA) is 135 Å². The Morgan fingerprint density at radius 3 is 2.88 bits per heavy atom. The molecule has 10 heteroatoms. The van der Waals surface area contributed by atoms with Gasteiger partial charge in [-0.15, -0.1) is 5.10 Å². The fourth-order valence-electron chi connectivity index (χ4n) is 2.66. The second-order valence-electron chi connectivity index (χ2n) is 5.41. The zero-order valence-electron chi connectivity index (χ0n) is 12.7. The number of aromatic nitrogens is 7. The van der Waals surface area contributed by atoms with Crippen molar-refractivity contribution in [1.29, 1.82) is 0 Å². The van der Waals surface area contributed by atoms with Crippen LogP contribution >= 0.6 is 0 Å². The molecule has 0 amide bonds. The SMILES string of the molecule is Nc1nc(-c2ccco2)c2nnn(Cc3ccc4nonc4c3)c2n1. The number of fused-ring (bicyclic) bond motifs is 2. The minimum absolute atomic E-state index is 0.124. The minimum atomic E-state index is 0.124. The average molecular weight is 334 g/mol. The second-order valence-corrected chi connectivity index (χ2v) is 5.41. The van der Waals surface area contributed by atoms with Crippen molar-refractivity contribution in [2.45, 2.75) is 6.54 Å². The van der Waals surface area contributed by atoms with Gasteiger partial charge in [0.05, 0.1) is 12.8 Å². The van der Waals surface area contributed by atoms with Crippen LogP contribution in [0, 0.1) is 0 Å². The van der Waals surface area contributed by atoms with Crippen molar-refractivity contribution in [2.75, 3.05) is 5.73 Å². The Labute approximate surface area is 139 Å². The summed E-state index contributed by atoms with van der Waals surface area (Å²) in [4.78, 5) is 8.50. The third-order valence-electron chi connectivity index (χ3n) is 3.79. The van der Waals surface area contributed by atoms with Gasteiger partial charge in [-0.25, -0.2) is 14.3 Å². The highest BCUT2D eigenvalue weighted by Crippen LogP contribution is 2.25. The van der Waals surface area contributed by atoms with E-state index in [2.05, 4.69) is 30.6 Å². The molecule has 0 aliphatic heterocycles. The number of rotatable bonds is 3. The third-order valence-corrected chi connectivity index (χ3v) is 3.79. The number of nitrogens with zero attached hydrogens (tertiary/aromatic N) is 7. The minimum Gasteiger partial charge on any atom is -0.463 e. The van der Waals surface area contributed by atoms with Gasteiger partial charge >= 0.3 is 0 Å². The van der Waals surface area contributed by atoms with E-state index in [9.17, 15) is 0 Å². The molecule has 1 aromatic carbocycles. The Bertz CT molecular complexity index is 1190. The molecule has 0 aliphatic carbocycles. The largest absolute Gasteiger partial charge is 0.463 e. The summed E-state index contributed by atoms with van der Waals surface area (Å²) in [6.45, 7) is 0.438. The number of hydrogen-bond donors (Lipinski definition) is 1. The summed E-state index contributed by atoms with van der Waals surface area (Å²) in [5.41, 5.74) is 9.72. The van der Waals surface area contributed by atoms with Gasteiger partial charge in [0.25, 0.3) is 0 Å². The van der Waals surface area contributed by atoms with Gasteiger partial charge in [-0.3, -0.25) is 0 Å². The van der Waals surface area contributed by atoms with Crippen molar-refractivity contribution in [3.8, 4) is 11.5 Å². The molecule has 5 aromatic rings. The van der Waals surface area contributed by atoms with Crippen LogP contribution in [0.3, 0.4) is 0 Å². The van der Waals surface area contributed by atoms with Crippen molar-refractivity contribution < 1.29 is 9.05 Å². The molecule has 122 valence electrons.